The standard InChI is InChI=1S/C16H20N4O2/c1-11-8-20(5-4-17-11)9-13-7-18-19-16(13)12-2-3-14-15(6-12)22-10-21-14/h2-3,6-7,11,17H,4-5,8-10H2,1H3,(H,18,19)/t11-/m0/s1. The van der Waals surface area contributed by atoms with Gasteiger partial charge in [-0.25, -0.2) is 0 Å². The van der Waals surface area contributed by atoms with Gasteiger partial charge in [0.05, 0.1) is 11.9 Å². The Kier molecular flexibility index (Phi) is 3.48. The van der Waals surface area contributed by atoms with Gasteiger partial charge in [0.25, 0.3) is 0 Å². The van der Waals surface area contributed by atoms with Gasteiger partial charge in [-0.2, -0.15) is 5.10 Å². The molecule has 6 heteroatoms. The van der Waals surface area contributed by atoms with Crippen LogP contribution in [0.4, 0.5) is 0 Å². The molecule has 116 valence electrons. The van der Waals surface area contributed by atoms with Crippen LogP contribution >= 0.6 is 0 Å². The lowest BCUT2D eigenvalue weighted by atomic mass is 10.1. The average Bonchev–Trinajstić information content (AvgIpc) is 3.15. The summed E-state index contributed by atoms with van der Waals surface area (Å²) >= 11 is 0. The third-order valence-electron chi connectivity index (χ3n) is 4.23. The van der Waals surface area contributed by atoms with Crippen molar-refractivity contribution in [3.8, 4) is 22.8 Å². The largest absolute Gasteiger partial charge is 0.454 e. The molecule has 0 amide bonds. The molecule has 0 aliphatic carbocycles. The lowest BCUT2D eigenvalue weighted by Gasteiger charge is -2.31. The first kappa shape index (κ1) is 13.6. The Morgan fingerprint density at radius 2 is 2.23 bits per heavy atom. The van der Waals surface area contributed by atoms with E-state index in [1.165, 1.54) is 5.56 Å². The molecule has 2 aliphatic rings. The van der Waals surface area contributed by atoms with Crippen molar-refractivity contribution >= 4 is 0 Å². The fraction of sp³-hybridized carbons (Fsp3) is 0.438. The van der Waals surface area contributed by atoms with Gasteiger partial charge < -0.3 is 14.8 Å². The second-order valence-electron chi connectivity index (χ2n) is 5.93. The second-order valence-corrected chi connectivity index (χ2v) is 5.93. The maximum Gasteiger partial charge on any atom is 0.231 e. The van der Waals surface area contributed by atoms with Crippen molar-refractivity contribution in [1.29, 1.82) is 0 Å². The molecule has 22 heavy (non-hydrogen) atoms. The molecule has 0 saturated carbocycles. The molecule has 1 saturated heterocycles. The fourth-order valence-corrected chi connectivity index (χ4v) is 3.13. The SMILES string of the molecule is C[C@H]1CN(Cc2cn[nH]c2-c2ccc3c(c2)OCO3)CCN1. The minimum atomic E-state index is 0.299. The third-order valence-corrected chi connectivity index (χ3v) is 4.23. The molecule has 1 fully saturated rings. The summed E-state index contributed by atoms with van der Waals surface area (Å²) < 4.78 is 10.8. The summed E-state index contributed by atoms with van der Waals surface area (Å²) in [7, 11) is 0. The summed E-state index contributed by atoms with van der Waals surface area (Å²) in [5, 5.41) is 10.8. The summed E-state index contributed by atoms with van der Waals surface area (Å²) in [6, 6.07) is 6.55. The first-order chi connectivity index (χ1) is 10.8. The van der Waals surface area contributed by atoms with Gasteiger partial charge in [0.1, 0.15) is 0 Å². The molecule has 2 aliphatic heterocycles. The molecule has 1 atom stereocenters. The molecule has 2 aromatic rings. The zero-order chi connectivity index (χ0) is 14.9. The smallest absolute Gasteiger partial charge is 0.231 e. The molecule has 0 unspecified atom stereocenters. The number of nitrogens with zero attached hydrogens (tertiary/aromatic N) is 2. The maximum atomic E-state index is 5.47. The number of rotatable bonds is 3. The highest BCUT2D eigenvalue weighted by atomic mass is 16.7. The topological polar surface area (TPSA) is 62.4 Å². The number of nitrogens with one attached hydrogen (secondary N) is 2. The van der Waals surface area contributed by atoms with E-state index >= 15 is 0 Å². The number of ether oxygens (including phenoxy) is 2. The predicted molar refractivity (Wildman–Crippen MR) is 82.9 cm³/mol. The van der Waals surface area contributed by atoms with Crippen molar-refractivity contribution in [3.63, 3.8) is 0 Å². The van der Waals surface area contributed by atoms with E-state index in [0.29, 0.717) is 12.8 Å². The Balaban J connectivity index is 1.57. The van der Waals surface area contributed by atoms with Crippen molar-refractivity contribution in [2.75, 3.05) is 26.4 Å². The number of piperazine rings is 1. The van der Waals surface area contributed by atoms with E-state index in [-0.39, 0.29) is 0 Å². The van der Waals surface area contributed by atoms with Crippen molar-refractivity contribution in [2.45, 2.75) is 19.5 Å². The summed E-state index contributed by atoms with van der Waals surface area (Å²) in [6.07, 6.45) is 1.92. The van der Waals surface area contributed by atoms with Crippen LogP contribution in [0.25, 0.3) is 11.3 Å². The lowest BCUT2D eigenvalue weighted by molar-refractivity contribution is 0.174. The summed E-state index contributed by atoms with van der Waals surface area (Å²) in [5.74, 6) is 1.61. The number of hydrogen-bond acceptors (Lipinski definition) is 5. The molecule has 0 radical (unpaired) electrons. The molecular formula is C16H20N4O2. The van der Waals surface area contributed by atoms with Crippen molar-refractivity contribution in [3.05, 3.63) is 30.0 Å². The number of fused-ring (bicyclic) bond motifs is 1. The van der Waals surface area contributed by atoms with E-state index in [9.17, 15) is 0 Å². The van der Waals surface area contributed by atoms with Gasteiger partial charge in [-0.3, -0.25) is 10.00 Å². The molecule has 2 N–H and O–H groups in total. The van der Waals surface area contributed by atoms with Gasteiger partial charge in [0, 0.05) is 43.3 Å². The van der Waals surface area contributed by atoms with Gasteiger partial charge in [0.2, 0.25) is 6.79 Å². The van der Waals surface area contributed by atoms with Gasteiger partial charge in [0.15, 0.2) is 11.5 Å². The highest BCUT2D eigenvalue weighted by Gasteiger charge is 2.19. The second kappa shape index (κ2) is 5.62. The highest BCUT2D eigenvalue weighted by Crippen LogP contribution is 2.36. The summed E-state index contributed by atoms with van der Waals surface area (Å²) in [4.78, 5) is 2.46. The Morgan fingerprint density at radius 3 is 3.14 bits per heavy atom. The quantitative estimate of drug-likeness (QED) is 0.901. The molecule has 1 aromatic heterocycles. The van der Waals surface area contributed by atoms with Crippen LogP contribution in [0.3, 0.4) is 0 Å². The Hall–Kier alpha value is -2.05. The number of aromatic nitrogens is 2. The summed E-state index contributed by atoms with van der Waals surface area (Å²) in [6.45, 7) is 6.60. The van der Waals surface area contributed by atoms with E-state index in [1.54, 1.807) is 0 Å². The normalized spacial score (nSPS) is 21.2. The van der Waals surface area contributed by atoms with Crippen molar-refractivity contribution in [1.82, 2.24) is 20.4 Å². The van der Waals surface area contributed by atoms with E-state index in [0.717, 1.165) is 48.9 Å². The Morgan fingerprint density at radius 1 is 1.32 bits per heavy atom. The van der Waals surface area contributed by atoms with Crippen molar-refractivity contribution in [2.24, 2.45) is 0 Å². The van der Waals surface area contributed by atoms with Crippen LogP contribution in [0.1, 0.15) is 12.5 Å². The zero-order valence-corrected chi connectivity index (χ0v) is 12.6. The monoisotopic (exact) mass is 300 g/mol. The molecule has 3 heterocycles. The van der Waals surface area contributed by atoms with Gasteiger partial charge in [-0.1, -0.05) is 0 Å². The van der Waals surface area contributed by atoms with E-state index in [1.807, 2.05) is 24.4 Å². The number of hydrogen-bond donors (Lipinski definition) is 2. The van der Waals surface area contributed by atoms with Gasteiger partial charge >= 0.3 is 0 Å². The third kappa shape index (κ3) is 2.55. The number of aromatic amines is 1. The van der Waals surface area contributed by atoms with Crippen LogP contribution in [0, 0.1) is 0 Å². The Bertz CT molecular complexity index is 670. The predicted octanol–water partition coefficient (Wildman–Crippen LogP) is 1.60. The first-order valence-electron chi connectivity index (χ1n) is 7.67. The van der Waals surface area contributed by atoms with Crippen LogP contribution < -0.4 is 14.8 Å². The summed E-state index contributed by atoms with van der Waals surface area (Å²) in [5.41, 5.74) is 3.36. The lowest BCUT2D eigenvalue weighted by Crippen LogP contribution is -2.48. The van der Waals surface area contributed by atoms with Crippen LogP contribution in [0.15, 0.2) is 24.4 Å². The van der Waals surface area contributed by atoms with Crippen LogP contribution in [0.5, 0.6) is 11.5 Å². The fourth-order valence-electron chi connectivity index (χ4n) is 3.13. The molecule has 0 bridgehead atoms. The van der Waals surface area contributed by atoms with E-state index in [4.69, 9.17) is 9.47 Å². The Labute approximate surface area is 129 Å². The number of benzene rings is 1. The minimum Gasteiger partial charge on any atom is -0.454 e. The molecule has 6 nitrogen and oxygen atoms in total. The molecule has 1 aromatic carbocycles. The van der Waals surface area contributed by atoms with E-state index < -0.39 is 0 Å². The van der Waals surface area contributed by atoms with Gasteiger partial charge in [-0.05, 0) is 25.1 Å². The first-order valence-corrected chi connectivity index (χ1v) is 7.67. The van der Waals surface area contributed by atoms with Crippen molar-refractivity contribution < 1.29 is 9.47 Å². The maximum absolute atomic E-state index is 5.47. The van der Waals surface area contributed by atoms with Gasteiger partial charge in [-0.15, -0.1) is 0 Å². The van der Waals surface area contributed by atoms with Crippen LogP contribution in [-0.4, -0.2) is 47.6 Å². The zero-order valence-electron chi connectivity index (χ0n) is 12.6. The molecule has 4 rings (SSSR count). The highest BCUT2D eigenvalue weighted by molar-refractivity contribution is 5.66. The minimum absolute atomic E-state index is 0.299. The van der Waals surface area contributed by atoms with Crippen LogP contribution in [0.2, 0.25) is 0 Å². The van der Waals surface area contributed by atoms with E-state index in [2.05, 4.69) is 27.3 Å². The van der Waals surface area contributed by atoms with Crippen LogP contribution in [-0.2, 0) is 6.54 Å². The molecular weight excluding hydrogens is 280 g/mol. The number of H-pyrrole nitrogens is 1. The molecule has 0 spiro atoms. The average molecular weight is 300 g/mol.